The SMILES string of the molecule is CC(C)(C)OC(=O)NC1CCSC2CCCC(C(=O)O)N2C1=O. The van der Waals surface area contributed by atoms with Gasteiger partial charge in [0.05, 0.1) is 5.37 Å². The van der Waals surface area contributed by atoms with Crippen molar-refractivity contribution in [2.45, 2.75) is 69.5 Å². The largest absolute Gasteiger partial charge is 0.480 e. The first-order valence-corrected chi connectivity index (χ1v) is 8.90. The monoisotopic (exact) mass is 344 g/mol. The Morgan fingerprint density at radius 2 is 2.00 bits per heavy atom. The van der Waals surface area contributed by atoms with E-state index in [4.69, 9.17) is 4.74 Å². The molecule has 0 aromatic heterocycles. The quantitative estimate of drug-likeness (QED) is 0.793. The van der Waals surface area contributed by atoms with Crippen LogP contribution in [-0.2, 0) is 14.3 Å². The van der Waals surface area contributed by atoms with Gasteiger partial charge >= 0.3 is 12.1 Å². The summed E-state index contributed by atoms with van der Waals surface area (Å²) in [6, 6.07) is -1.54. The molecule has 2 fully saturated rings. The predicted octanol–water partition coefficient (Wildman–Crippen LogP) is 1.81. The van der Waals surface area contributed by atoms with Gasteiger partial charge in [-0.05, 0) is 52.2 Å². The zero-order chi connectivity index (χ0) is 17.2. The van der Waals surface area contributed by atoms with Crippen LogP contribution in [0.1, 0.15) is 46.5 Å². The van der Waals surface area contributed by atoms with Crippen LogP contribution in [-0.4, -0.2) is 56.8 Å². The van der Waals surface area contributed by atoms with Gasteiger partial charge in [0, 0.05) is 0 Å². The van der Waals surface area contributed by atoms with E-state index in [1.807, 2.05) is 0 Å². The molecule has 0 aliphatic carbocycles. The van der Waals surface area contributed by atoms with Crippen LogP contribution in [0.3, 0.4) is 0 Å². The molecule has 2 aliphatic heterocycles. The smallest absolute Gasteiger partial charge is 0.408 e. The molecule has 2 N–H and O–H groups in total. The van der Waals surface area contributed by atoms with Gasteiger partial charge in [-0.25, -0.2) is 9.59 Å². The number of aliphatic carboxylic acids is 1. The third-order valence-corrected chi connectivity index (χ3v) is 5.14. The minimum absolute atomic E-state index is 0.122. The van der Waals surface area contributed by atoms with Crippen LogP contribution >= 0.6 is 11.8 Å². The summed E-state index contributed by atoms with van der Waals surface area (Å²) in [6.45, 7) is 5.25. The van der Waals surface area contributed by atoms with E-state index in [-0.39, 0.29) is 11.3 Å². The number of fused-ring (bicyclic) bond motifs is 1. The first-order chi connectivity index (χ1) is 10.7. The molecule has 2 amide bonds. The molecule has 2 heterocycles. The normalized spacial score (nSPS) is 28.6. The fourth-order valence-corrected chi connectivity index (χ4v) is 4.26. The van der Waals surface area contributed by atoms with E-state index in [2.05, 4.69) is 5.32 Å². The second-order valence-corrected chi connectivity index (χ2v) is 8.13. The summed E-state index contributed by atoms with van der Waals surface area (Å²) in [7, 11) is 0. The Morgan fingerprint density at radius 3 is 2.61 bits per heavy atom. The fraction of sp³-hybridized carbons (Fsp3) is 0.800. The van der Waals surface area contributed by atoms with Gasteiger partial charge in [0.1, 0.15) is 17.7 Å². The number of carboxylic acids is 1. The van der Waals surface area contributed by atoms with Crippen molar-refractivity contribution in [2.24, 2.45) is 0 Å². The van der Waals surface area contributed by atoms with Crippen molar-refractivity contribution in [2.75, 3.05) is 5.75 Å². The van der Waals surface area contributed by atoms with E-state index in [0.717, 1.165) is 12.8 Å². The van der Waals surface area contributed by atoms with Gasteiger partial charge in [0.2, 0.25) is 5.91 Å². The first-order valence-electron chi connectivity index (χ1n) is 7.85. The van der Waals surface area contributed by atoms with Crippen molar-refractivity contribution >= 4 is 29.7 Å². The summed E-state index contributed by atoms with van der Waals surface area (Å²) in [5.74, 6) is -0.612. The molecule has 0 radical (unpaired) electrons. The van der Waals surface area contributed by atoms with Gasteiger partial charge in [-0.15, -0.1) is 11.8 Å². The Bertz CT molecular complexity index is 491. The lowest BCUT2D eigenvalue weighted by Crippen LogP contribution is -2.57. The highest BCUT2D eigenvalue weighted by molar-refractivity contribution is 7.99. The average Bonchev–Trinajstić information content (AvgIpc) is 2.57. The fourth-order valence-electron chi connectivity index (χ4n) is 2.88. The zero-order valence-electron chi connectivity index (χ0n) is 13.7. The maximum absolute atomic E-state index is 12.8. The molecular formula is C15H24N2O5S. The molecular weight excluding hydrogens is 320 g/mol. The molecule has 0 aromatic rings. The number of alkyl carbamates (subject to hydrolysis) is 1. The van der Waals surface area contributed by atoms with Crippen LogP contribution in [0.25, 0.3) is 0 Å². The number of piperidine rings is 1. The van der Waals surface area contributed by atoms with Gasteiger partial charge in [-0.1, -0.05) is 0 Å². The maximum Gasteiger partial charge on any atom is 0.408 e. The molecule has 2 saturated heterocycles. The highest BCUT2D eigenvalue weighted by atomic mass is 32.2. The minimum atomic E-state index is -0.985. The van der Waals surface area contributed by atoms with Crippen LogP contribution in [0.15, 0.2) is 0 Å². The van der Waals surface area contributed by atoms with E-state index in [1.54, 1.807) is 32.5 Å². The maximum atomic E-state index is 12.8. The van der Waals surface area contributed by atoms with Crippen molar-refractivity contribution in [1.82, 2.24) is 10.2 Å². The average molecular weight is 344 g/mol. The van der Waals surface area contributed by atoms with Crippen molar-refractivity contribution < 1.29 is 24.2 Å². The molecule has 3 unspecified atom stereocenters. The molecule has 2 aliphatic rings. The van der Waals surface area contributed by atoms with E-state index < -0.39 is 29.7 Å². The Hall–Kier alpha value is -1.44. The van der Waals surface area contributed by atoms with E-state index in [9.17, 15) is 19.5 Å². The molecule has 0 spiro atoms. The third-order valence-electron chi connectivity index (χ3n) is 3.82. The van der Waals surface area contributed by atoms with Gasteiger partial charge in [-0.3, -0.25) is 4.79 Å². The summed E-state index contributed by atoms with van der Waals surface area (Å²) in [5, 5.41) is 11.9. The molecule has 0 aromatic carbocycles. The number of ether oxygens (including phenoxy) is 1. The van der Waals surface area contributed by atoms with Crippen molar-refractivity contribution in [3.63, 3.8) is 0 Å². The summed E-state index contributed by atoms with van der Waals surface area (Å²) in [6.07, 6.45) is 1.87. The second-order valence-electron chi connectivity index (χ2n) is 6.84. The second kappa shape index (κ2) is 6.98. The van der Waals surface area contributed by atoms with Gasteiger partial charge in [-0.2, -0.15) is 0 Å². The number of hydrogen-bond acceptors (Lipinski definition) is 5. The molecule has 7 nitrogen and oxygen atoms in total. The standard InChI is InChI=1S/C15H24N2O5S/c1-15(2,3)22-14(21)16-9-7-8-23-11-6-4-5-10(13(19)20)17(11)12(9)18/h9-11H,4-8H2,1-3H3,(H,16,21)(H,19,20). The van der Waals surface area contributed by atoms with Gasteiger partial charge < -0.3 is 20.1 Å². The Morgan fingerprint density at radius 1 is 1.30 bits per heavy atom. The molecule has 130 valence electrons. The summed E-state index contributed by atoms with van der Waals surface area (Å²) < 4.78 is 5.20. The number of carbonyl (C=O) groups is 3. The molecule has 3 atom stereocenters. The summed E-state index contributed by atoms with van der Waals surface area (Å²) >= 11 is 1.59. The number of nitrogens with one attached hydrogen (secondary N) is 1. The van der Waals surface area contributed by atoms with Crippen LogP contribution in [0.4, 0.5) is 4.79 Å². The van der Waals surface area contributed by atoms with Gasteiger partial charge in [0.25, 0.3) is 0 Å². The Balaban J connectivity index is 2.11. The molecule has 8 heteroatoms. The number of thioether (sulfide) groups is 1. The summed E-state index contributed by atoms with van der Waals surface area (Å²) in [5.41, 5.74) is -0.649. The molecule has 2 rings (SSSR count). The highest BCUT2D eigenvalue weighted by Gasteiger charge is 2.43. The molecule has 0 bridgehead atoms. The Labute approximate surface area is 140 Å². The summed E-state index contributed by atoms with van der Waals surface area (Å²) in [4.78, 5) is 37.6. The minimum Gasteiger partial charge on any atom is -0.480 e. The number of amides is 2. The van der Waals surface area contributed by atoms with E-state index in [0.29, 0.717) is 18.6 Å². The number of carbonyl (C=O) groups excluding carboxylic acids is 2. The van der Waals surface area contributed by atoms with Crippen molar-refractivity contribution in [3.05, 3.63) is 0 Å². The van der Waals surface area contributed by atoms with Crippen molar-refractivity contribution in [1.29, 1.82) is 0 Å². The number of nitrogens with zero attached hydrogens (tertiary/aromatic N) is 1. The topological polar surface area (TPSA) is 95.9 Å². The molecule has 23 heavy (non-hydrogen) atoms. The van der Waals surface area contributed by atoms with Gasteiger partial charge in [0.15, 0.2) is 0 Å². The van der Waals surface area contributed by atoms with Crippen LogP contribution in [0, 0.1) is 0 Å². The lowest BCUT2D eigenvalue weighted by atomic mass is 10.0. The number of carboxylic acid groups (broad SMARTS) is 1. The first kappa shape index (κ1) is 17.9. The number of hydrogen-bond donors (Lipinski definition) is 2. The molecule has 0 saturated carbocycles. The van der Waals surface area contributed by atoms with Crippen LogP contribution in [0.2, 0.25) is 0 Å². The van der Waals surface area contributed by atoms with Crippen molar-refractivity contribution in [3.8, 4) is 0 Å². The zero-order valence-corrected chi connectivity index (χ0v) is 14.5. The van der Waals surface area contributed by atoms with E-state index >= 15 is 0 Å². The predicted molar refractivity (Wildman–Crippen MR) is 86.1 cm³/mol. The Kier molecular flexibility index (Phi) is 5.44. The van der Waals surface area contributed by atoms with Crippen LogP contribution < -0.4 is 5.32 Å². The number of rotatable bonds is 2. The highest BCUT2D eigenvalue weighted by Crippen LogP contribution is 2.34. The lowest BCUT2D eigenvalue weighted by molar-refractivity contribution is -0.153. The van der Waals surface area contributed by atoms with E-state index in [1.165, 1.54) is 4.90 Å². The third kappa shape index (κ3) is 4.53. The van der Waals surface area contributed by atoms with Crippen LogP contribution in [0.5, 0.6) is 0 Å². The lowest BCUT2D eigenvalue weighted by Gasteiger charge is -2.39.